The monoisotopic (exact) mass is 373 g/mol. The molecule has 1 saturated heterocycles. The smallest absolute Gasteiger partial charge is 0.171 e. The van der Waals surface area contributed by atoms with E-state index in [2.05, 4.69) is 4.90 Å². The van der Waals surface area contributed by atoms with Crippen LogP contribution >= 0.6 is 0 Å². The summed E-state index contributed by atoms with van der Waals surface area (Å²) in [6, 6.07) is 9.35. The molecule has 0 saturated carbocycles. The second-order valence-corrected chi connectivity index (χ2v) is 6.79. The molecule has 1 heterocycles. The Kier molecular flexibility index (Phi) is 5.96. The highest BCUT2D eigenvalue weighted by Gasteiger charge is 2.28. The Morgan fingerprint density at radius 3 is 2.63 bits per heavy atom. The van der Waals surface area contributed by atoms with Gasteiger partial charge in [0.05, 0.1) is 19.8 Å². The van der Waals surface area contributed by atoms with Crippen LogP contribution in [-0.4, -0.2) is 43.1 Å². The third-order valence-electron chi connectivity index (χ3n) is 4.95. The molecule has 0 bridgehead atoms. The third kappa shape index (κ3) is 4.39. The number of Topliss-reactive ketones (excluding diaryl/α,β-unsaturated/α-hetero) is 1. The number of phenolic OH excluding ortho intramolecular Hbond substituents is 1. The van der Waals surface area contributed by atoms with Crippen molar-refractivity contribution in [3.8, 4) is 17.2 Å². The Morgan fingerprint density at radius 1 is 1.19 bits per heavy atom. The fourth-order valence-electron chi connectivity index (χ4n) is 3.60. The highest BCUT2D eigenvalue weighted by molar-refractivity contribution is 6.00. The molecular formula is C21H24FNO4. The van der Waals surface area contributed by atoms with Crippen molar-refractivity contribution >= 4 is 5.78 Å². The number of ether oxygens (including phenoxy) is 2. The Balaban J connectivity index is 1.71. The Morgan fingerprint density at radius 2 is 1.93 bits per heavy atom. The fourth-order valence-corrected chi connectivity index (χ4v) is 3.60. The van der Waals surface area contributed by atoms with Crippen molar-refractivity contribution in [2.75, 3.05) is 27.3 Å². The van der Waals surface area contributed by atoms with Crippen LogP contribution in [0.5, 0.6) is 17.2 Å². The molecule has 0 amide bonds. The number of phenols is 1. The number of aromatic hydroxyl groups is 1. The number of methoxy groups -OCH3 is 2. The second-order valence-electron chi connectivity index (χ2n) is 6.79. The minimum Gasteiger partial charge on any atom is -0.504 e. The van der Waals surface area contributed by atoms with Gasteiger partial charge in [0.1, 0.15) is 11.6 Å². The molecule has 6 heteroatoms. The number of ketones is 1. The van der Waals surface area contributed by atoms with Crippen LogP contribution in [0.3, 0.4) is 0 Å². The van der Waals surface area contributed by atoms with Gasteiger partial charge in [0.2, 0.25) is 0 Å². The molecule has 144 valence electrons. The summed E-state index contributed by atoms with van der Waals surface area (Å²) in [4.78, 5) is 15.1. The van der Waals surface area contributed by atoms with Crippen molar-refractivity contribution in [2.24, 2.45) is 5.92 Å². The van der Waals surface area contributed by atoms with Gasteiger partial charge in [0.15, 0.2) is 17.3 Å². The summed E-state index contributed by atoms with van der Waals surface area (Å²) in [5, 5.41) is 9.95. The Bertz CT molecular complexity index is 824. The number of benzene rings is 2. The van der Waals surface area contributed by atoms with Gasteiger partial charge in [0, 0.05) is 19.0 Å². The van der Waals surface area contributed by atoms with Gasteiger partial charge < -0.3 is 14.6 Å². The van der Waals surface area contributed by atoms with E-state index in [0.29, 0.717) is 30.2 Å². The van der Waals surface area contributed by atoms with Crippen LogP contribution in [0, 0.1) is 11.7 Å². The molecule has 27 heavy (non-hydrogen) atoms. The van der Waals surface area contributed by atoms with E-state index in [1.165, 1.54) is 32.4 Å². The first-order valence-corrected chi connectivity index (χ1v) is 8.97. The average Bonchev–Trinajstić information content (AvgIpc) is 2.68. The van der Waals surface area contributed by atoms with Crippen LogP contribution in [0.2, 0.25) is 0 Å². The lowest BCUT2D eigenvalue weighted by Gasteiger charge is -2.32. The number of carbonyl (C=O) groups excluding carboxylic acids is 1. The molecule has 0 spiro atoms. The zero-order valence-corrected chi connectivity index (χ0v) is 15.6. The van der Waals surface area contributed by atoms with Gasteiger partial charge in [-0.25, -0.2) is 4.39 Å². The predicted octanol–water partition coefficient (Wildman–Crippen LogP) is 3.64. The molecule has 5 nitrogen and oxygen atoms in total. The summed E-state index contributed by atoms with van der Waals surface area (Å²) in [6.45, 7) is 2.09. The number of carbonyl (C=O) groups is 1. The molecule has 1 fully saturated rings. The standard InChI is InChI=1S/C21H24FNO4/c1-26-19-8-6-16(22)11-17(19)21(25)15-4-3-9-23(13-15)12-14-5-7-20(27-2)18(24)10-14/h5-8,10-11,15,24H,3-4,9,12-13H2,1-2H3/t15-/m1/s1. The van der Waals surface area contributed by atoms with Gasteiger partial charge in [-0.05, 0) is 55.3 Å². The van der Waals surface area contributed by atoms with Crippen LogP contribution in [0.4, 0.5) is 4.39 Å². The lowest BCUT2D eigenvalue weighted by atomic mass is 9.89. The van der Waals surface area contributed by atoms with E-state index in [4.69, 9.17) is 9.47 Å². The van der Waals surface area contributed by atoms with Crippen LogP contribution in [0.15, 0.2) is 36.4 Å². The molecule has 2 aromatic rings. The molecule has 3 rings (SSSR count). The first-order valence-electron chi connectivity index (χ1n) is 8.97. The normalized spacial score (nSPS) is 17.5. The third-order valence-corrected chi connectivity index (χ3v) is 4.95. The summed E-state index contributed by atoms with van der Waals surface area (Å²) in [7, 11) is 2.99. The number of nitrogens with zero attached hydrogens (tertiary/aromatic N) is 1. The summed E-state index contributed by atoms with van der Waals surface area (Å²) >= 11 is 0. The lowest BCUT2D eigenvalue weighted by molar-refractivity contribution is 0.0808. The lowest BCUT2D eigenvalue weighted by Crippen LogP contribution is -2.38. The second kappa shape index (κ2) is 8.39. The van der Waals surface area contributed by atoms with Gasteiger partial charge in [-0.15, -0.1) is 0 Å². The quantitative estimate of drug-likeness (QED) is 0.784. The summed E-state index contributed by atoms with van der Waals surface area (Å²) < 4.78 is 23.9. The maximum atomic E-state index is 13.6. The maximum Gasteiger partial charge on any atom is 0.171 e. The number of halogens is 1. The maximum absolute atomic E-state index is 13.6. The molecular weight excluding hydrogens is 349 g/mol. The minimum absolute atomic E-state index is 0.0892. The zero-order valence-electron chi connectivity index (χ0n) is 15.6. The number of hydrogen-bond donors (Lipinski definition) is 1. The summed E-state index contributed by atoms with van der Waals surface area (Å²) in [5.74, 6) is 0.196. The minimum atomic E-state index is -0.444. The van der Waals surface area contributed by atoms with E-state index in [1.54, 1.807) is 12.1 Å². The first-order chi connectivity index (χ1) is 13.0. The van der Waals surface area contributed by atoms with Crippen LogP contribution in [0.1, 0.15) is 28.8 Å². The van der Waals surface area contributed by atoms with Crippen molar-refractivity contribution < 1.29 is 23.8 Å². The Labute approximate surface area is 158 Å². The van der Waals surface area contributed by atoms with Gasteiger partial charge in [-0.3, -0.25) is 9.69 Å². The molecule has 2 aromatic carbocycles. The number of rotatable bonds is 6. The SMILES string of the molecule is COc1ccc(CN2CCC[C@@H](C(=O)c3cc(F)ccc3OC)C2)cc1O. The highest BCUT2D eigenvalue weighted by atomic mass is 19.1. The van der Waals surface area contributed by atoms with Crippen molar-refractivity contribution in [3.05, 3.63) is 53.3 Å². The van der Waals surface area contributed by atoms with Crippen LogP contribution < -0.4 is 9.47 Å². The predicted molar refractivity (Wildman–Crippen MR) is 99.9 cm³/mol. The molecule has 0 radical (unpaired) electrons. The van der Waals surface area contributed by atoms with E-state index >= 15 is 0 Å². The van der Waals surface area contributed by atoms with E-state index < -0.39 is 5.82 Å². The Hall–Kier alpha value is -2.60. The van der Waals surface area contributed by atoms with Crippen molar-refractivity contribution in [3.63, 3.8) is 0 Å². The first kappa shape index (κ1) is 19.2. The van der Waals surface area contributed by atoms with Crippen LogP contribution in [-0.2, 0) is 6.54 Å². The zero-order chi connectivity index (χ0) is 19.4. The number of likely N-dealkylation sites (tertiary alicyclic amines) is 1. The van der Waals surface area contributed by atoms with E-state index in [1.807, 2.05) is 6.07 Å². The molecule has 1 N–H and O–H groups in total. The molecule has 1 atom stereocenters. The molecule has 0 aliphatic carbocycles. The van der Waals surface area contributed by atoms with Crippen molar-refractivity contribution in [2.45, 2.75) is 19.4 Å². The van der Waals surface area contributed by atoms with Gasteiger partial charge in [-0.2, -0.15) is 0 Å². The largest absolute Gasteiger partial charge is 0.504 e. The van der Waals surface area contributed by atoms with E-state index in [0.717, 1.165) is 24.9 Å². The summed E-state index contributed by atoms with van der Waals surface area (Å²) in [5.41, 5.74) is 1.25. The molecule has 1 aliphatic rings. The average molecular weight is 373 g/mol. The molecule has 0 unspecified atom stereocenters. The molecule has 1 aliphatic heterocycles. The fraction of sp³-hybridized carbons (Fsp3) is 0.381. The van der Waals surface area contributed by atoms with Gasteiger partial charge in [-0.1, -0.05) is 6.07 Å². The van der Waals surface area contributed by atoms with Crippen LogP contribution in [0.25, 0.3) is 0 Å². The van der Waals surface area contributed by atoms with Crippen molar-refractivity contribution in [1.82, 2.24) is 4.90 Å². The van der Waals surface area contributed by atoms with Gasteiger partial charge in [0.25, 0.3) is 0 Å². The highest BCUT2D eigenvalue weighted by Crippen LogP contribution is 2.30. The van der Waals surface area contributed by atoms with E-state index in [-0.39, 0.29) is 17.5 Å². The summed E-state index contributed by atoms with van der Waals surface area (Å²) in [6.07, 6.45) is 1.65. The molecule has 0 aromatic heterocycles. The van der Waals surface area contributed by atoms with Gasteiger partial charge >= 0.3 is 0 Å². The van der Waals surface area contributed by atoms with E-state index in [9.17, 15) is 14.3 Å². The van der Waals surface area contributed by atoms with Crippen molar-refractivity contribution in [1.29, 1.82) is 0 Å². The number of piperidine rings is 1. The number of hydrogen-bond acceptors (Lipinski definition) is 5. The topological polar surface area (TPSA) is 59.0 Å².